The van der Waals surface area contributed by atoms with E-state index in [1.165, 1.54) is 0 Å². The number of carbonyl (C=O) groups excluding carboxylic acids is 1. The van der Waals surface area contributed by atoms with Gasteiger partial charge in [0.05, 0.1) is 5.69 Å². The monoisotopic (exact) mass is 534 g/mol. The Bertz CT molecular complexity index is 1280. The Morgan fingerprint density at radius 3 is 2.29 bits per heavy atom. The molecule has 0 aliphatic carbocycles. The third kappa shape index (κ3) is 5.65. The summed E-state index contributed by atoms with van der Waals surface area (Å²) in [5.41, 5.74) is 2.12. The molecule has 10 nitrogen and oxygen atoms in total. The zero-order chi connectivity index (χ0) is 27.7. The van der Waals surface area contributed by atoms with E-state index in [0.717, 1.165) is 48.9 Å². The highest BCUT2D eigenvalue weighted by Crippen LogP contribution is 2.42. The molecule has 3 aromatic heterocycles. The van der Waals surface area contributed by atoms with Crippen LogP contribution in [0.3, 0.4) is 0 Å². The minimum absolute atomic E-state index is 0.0516. The standard InChI is InChI=1S/C23H28N6O2.C2HF3O2/c1-16(2)29-14-18-13-28(21(30)19-6-5-17(3)31-19)15-23(20(18)26-29)7-11-27(12-8-23)22-24-9-4-10-25-22;3-2(4,5)1(6)7/h4-6,9-10,14,16H,7-8,11-13,15H2,1-3H3;(H,6,7). The van der Waals surface area contributed by atoms with Crippen molar-refractivity contribution in [2.45, 2.75) is 57.8 Å². The van der Waals surface area contributed by atoms with Crippen molar-refractivity contribution in [3.63, 3.8) is 0 Å². The maximum absolute atomic E-state index is 13.2. The number of piperidine rings is 1. The van der Waals surface area contributed by atoms with Gasteiger partial charge in [-0.25, -0.2) is 14.8 Å². The molecule has 1 saturated heterocycles. The molecule has 1 N–H and O–H groups in total. The number of alkyl halides is 3. The Morgan fingerprint density at radius 1 is 1.13 bits per heavy atom. The fraction of sp³-hybridized carbons (Fsp3) is 0.480. The summed E-state index contributed by atoms with van der Waals surface area (Å²) in [5.74, 6) is -0.890. The molecular formula is C25H29F3N6O4. The van der Waals surface area contributed by atoms with Crippen molar-refractivity contribution in [1.82, 2.24) is 24.6 Å². The van der Waals surface area contributed by atoms with Crippen molar-refractivity contribution in [3.05, 3.63) is 59.6 Å². The molecule has 38 heavy (non-hydrogen) atoms. The van der Waals surface area contributed by atoms with E-state index < -0.39 is 12.1 Å². The molecular weight excluding hydrogens is 505 g/mol. The molecule has 0 atom stereocenters. The van der Waals surface area contributed by atoms with Gasteiger partial charge < -0.3 is 19.3 Å². The lowest BCUT2D eigenvalue weighted by Gasteiger charge is -2.46. The van der Waals surface area contributed by atoms with Crippen LogP contribution in [0.15, 0.2) is 41.2 Å². The Morgan fingerprint density at radius 2 is 1.76 bits per heavy atom. The first-order valence-corrected chi connectivity index (χ1v) is 12.2. The van der Waals surface area contributed by atoms with Gasteiger partial charge in [0.25, 0.3) is 5.91 Å². The maximum atomic E-state index is 13.2. The molecule has 1 spiro atoms. The predicted molar refractivity (Wildman–Crippen MR) is 130 cm³/mol. The van der Waals surface area contributed by atoms with Crippen LogP contribution in [-0.4, -0.2) is 67.4 Å². The number of nitrogens with zero attached hydrogens (tertiary/aromatic N) is 6. The van der Waals surface area contributed by atoms with Crippen molar-refractivity contribution in [1.29, 1.82) is 0 Å². The first-order chi connectivity index (χ1) is 17.9. The van der Waals surface area contributed by atoms with E-state index >= 15 is 0 Å². The second-order valence-corrected chi connectivity index (χ2v) is 9.77. The lowest BCUT2D eigenvalue weighted by molar-refractivity contribution is -0.192. The van der Waals surface area contributed by atoms with Crippen LogP contribution in [-0.2, 0) is 16.8 Å². The summed E-state index contributed by atoms with van der Waals surface area (Å²) in [4.78, 5) is 35.1. The number of aliphatic carboxylic acids is 1. The summed E-state index contributed by atoms with van der Waals surface area (Å²) in [6.45, 7) is 9.01. The zero-order valence-corrected chi connectivity index (χ0v) is 21.3. The Hall–Kier alpha value is -3.90. The lowest BCUT2D eigenvalue weighted by atomic mass is 9.72. The Balaban J connectivity index is 0.000000426. The number of anilines is 1. The van der Waals surface area contributed by atoms with Crippen molar-refractivity contribution in [2.75, 3.05) is 24.5 Å². The third-order valence-corrected chi connectivity index (χ3v) is 6.73. The van der Waals surface area contributed by atoms with Crippen LogP contribution >= 0.6 is 0 Å². The number of fused-ring (bicyclic) bond motifs is 2. The van der Waals surface area contributed by atoms with Crippen LogP contribution in [0.1, 0.15) is 60.3 Å². The van der Waals surface area contributed by atoms with Crippen LogP contribution in [0.2, 0.25) is 0 Å². The normalized spacial score (nSPS) is 16.7. The van der Waals surface area contributed by atoms with Crippen LogP contribution in [0.4, 0.5) is 19.1 Å². The number of halogens is 3. The quantitative estimate of drug-likeness (QED) is 0.536. The van der Waals surface area contributed by atoms with E-state index in [-0.39, 0.29) is 17.4 Å². The molecule has 2 aliphatic rings. The summed E-state index contributed by atoms with van der Waals surface area (Å²) in [5, 5.41) is 12.1. The van der Waals surface area contributed by atoms with E-state index in [9.17, 15) is 18.0 Å². The molecule has 204 valence electrons. The number of carbonyl (C=O) groups is 2. The van der Waals surface area contributed by atoms with Gasteiger partial charge in [-0.1, -0.05) is 0 Å². The fourth-order valence-corrected chi connectivity index (χ4v) is 4.79. The summed E-state index contributed by atoms with van der Waals surface area (Å²) in [6.07, 6.45) is 2.38. The highest BCUT2D eigenvalue weighted by Gasteiger charge is 2.46. The number of carboxylic acid groups (broad SMARTS) is 1. The largest absolute Gasteiger partial charge is 0.490 e. The summed E-state index contributed by atoms with van der Waals surface area (Å²) in [6, 6.07) is 5.72. The Kier molecular flexibility index (Phi) is 7.47. The lowest BCUT2D eigenvalue weighted by Crippen LogP contribution is -2.53. The predicted octanol–water partition coefficient (Wildman–Crippen LogP) is 3.98. The minimum atomic E-state index is -5.08. The van der Waals surface area contributed by atoms with Crippen LogP contribution in [0, 0.1) is 6.92 Å². The average Bonchev–Trinajstić information content (AvgIpc) is 3.51. The topological polar surface area (TPSA) is 118 Å². The van der Waals surface area contributed by atoms with Gasteiger partial charge in [-0.3, -0.25) is 9.48 Å². The second kappa shape index (κ2) is 10.5. The van der Waals surface area contributed by atoms with Gasteiger partial charge in [0.15, 0.2) is 5.76 Å². The van der Waals surface area contributed by atoms with Crippen molar-refractivity contribution >= 4 is 17.8 Å². The molecule has 1 fully saturated rings. The highest BCUT2D eigenvalue weighted by atomic mass is 19.4. The summed E-state index contributed by atoms with van der Waals surface area (Å²) in [7, 11) is 0. The number of carboxylic acids is 1. The number of aromatic nitrogens is 4. The van der Waals surface area contributed by atoms with Gasteiger partial charge in [0.2, 0.25) is 5.95 Å². The van der Waals surface area contributed by atoms with E-state index in [1.807, 2.05) is 28.6 Å². The number of furan rings is 1. The molecule has 5 heterocycles. The molecule has 0 unspecified atom stereocenters. The molecule has 5 rings (SSSR count). The first-order valence-electron chi connectivity index (χ1n) is 12.2. The van der Waals surface area contributed by atoms with E-state index in [1.54, 1.807) is 18.5 Å². The SMILES string of the molecule is Cc1ccc(C(=O)N2Cc3cn(C(C)C)nc3C3(CCN(c4ncccn4)CC3)C2)o1.O=C(O)C(F)(F)F. The molecule has 0 aromatic carbocycles. The van der Waals surface area contributed by atoms with E-state index in [0.29, 0.717) is 18.8 Å². The third-order valence-electron chi connectivity index (χ3n) is 6.73. The highest BCUT2D eigenvalue weighted by molar-refractivity contribution is 5.91. The average molecular weight is 535 g/mol. The number of hydrogen-bond acceptors (Lipinski definition) is 7. The summed E-state index contributed by atoms with van der Waals surface area (Å²) < 4.78 is 39.4. The van der Waals surface area contributed by atoms with Crippen molar-refractivity contribution in [2.24, 2.45) is 0 Å². The zero-order valence-electron chi connectivity index (χ0n) is 21.3. The smallest absolute Gasteiger partial charge is 0.475 e. The molecule has 0 saturated carbocycles. The summed E-state index contributed by atoms with van der Waals surface area (Å²) >= 11 is 0. The molecule has 3 aromatic rings. The molecule has 13 heteroatoms. The van der Waals surface area contributed by atoms with Crippen LogP contribution in [0.25, 0.3) is 0 Å². The number of hydrogen-bond donors (Lipinski definition) is 1. The van der Waals surface area contributed by atoms with Gasteiger partial charge in [0.1, 0.15) is 5.76 Å². The van der Waals surface area contributed by atoms with Gasteiger partial charge in [-0.05, 0) is 51.8 Å². The van der Waals surface area contributed by atoms with Crippen LogP contribution < -0.4 is 4.90 Å². The number of amides is 1. The molecule has 1 amide bonds. The van der Waals surface area contributed by atoms with Gasteiger partial charge in [-0.15, -0.1) is 0 Å². The fourth-order valence-electron chi connectivity index (χ4n) is 4.79. The van der Waals surface area contributed by atoms with Crippen molar-refractivity contribution < 1.29 is 32.3 Å². The first kappa shape index (κ1) is 27.1. The van der Waals surface area contributed by atoms with Gasteiger partial charge >= 0.3 is 12.1 Å². The number of aryl methyl sites for hydroxylation is 1. The number of rotatable bonds is 3. The second-order valence-electron chi connectivity index (χ2n) is 9.77. The Labute approximate surface area is 217 Å². The van der Waals surface area contributed by atoms with E-state index in [4.69, 9.17) is 19.4 Å². The minimum Gasteiger partial charge on any atom is -0.475 e. The molecule has 2 aliphatic heterocycles. The van der Waals surface area contributed by atoms with Gasteiger partial charge in [0, 0.05) is 61.8 Å². The van der Waals surface area contributed by atoms with Crippen molar-refractivity contribution in [3.8, 4) is 0 Å². The maximum Gasteiger partial charge on any atom is 0.490 e. The van der Waals surface area contributed by atoms with Gasteiger partial charge in [-0.2, -0.15) is 18.3 Å². The molecule has 0 bridgehead atoms. The van der Waals surface area contributed by atoms with E-state index in [2.05, 4.69) is 34.9 Å². The molecule has 0 radical (unpaired) electrons. The van der Waals surface area contributed by atoms with Crippen LogP contribution in [0.5, 0.6) is 0 Å².